The molecule has 2 aliphatic heterocycles. The van der Waals surface area contributed by atoms with Gasteiger partial charge in [0.15, 0.2) is 0 Å². The van der Waals surface area contributed by atoms with Crippen LogP contribution in [0.3, 0.4) is 0 Å². The average molecular weight is 465 g/mol. The molecule has 0 spiro atoms. The van der Waals surface area contributed by atoms with Gasteiger partial charge in [0.25, 0.3) is 0 Å². The summed E-state index contributed by atoms with van der Waals surface area (Å²) in [6.45, 7) is 6.39. The van der Waals surface area contributed by atoms with Crippen molar-refractivity contribution in [2.75, 3.05) is 66.7 Å². The lowest BCUT2D eigenvalue weighted by Gasteiger charge is -2.45. The maximum absolute atomic E-state index is 6.63. The van der Waals surface area contributed by atoms with Gasteiger partial charge in [-0.3, -0.25) is 9.34 Å². The molecule has 2 fully saturated rings. The summed E-state index contributed by atoms with van der Waals surface area (Å²) in [7, 11) is 4.05. The zero-order valence-corrected chi connectivity index (χ0v) is 20.1. The van der Waals surface area contributed by atoms with Crippen LogP contribution >= 0.6 is 17.7 Å². The number of ether oxygens (including phenoxy) is 2. The minimum Gasteiger partial charge on any atom is -0.383 e. The first-order valence-electron chi connectivity index (χ1n) is 10.3. The summed E-state index contributed by atoms with van der Waals surface area (Å²) in [6.07, 6.45) is 1.92. The molecule has 9 heteroatoms. The quantitative estimate of drug-likeness (QED) is 0.609. The van der Waals surface area contributed by atoms with Crippen LogP contribution in [-0.4, -0.2) is 85.9 Å². The first-order valence-corrected chi connectivity index (χ1v) is 13.8. The molecular weight excluding hydrogens is 435 g/mol. The molecule has 2 aromatic rings. The molecule has 0 N–H and O–H groups in total. The van der Waals surface area contributed by atoms with Crippen molar-refractivity contribution in [3.8, 4) is 11.3 Å². The van der Waals surface area contributed by atoms with Gasteiger partial charge in [-0.05, 0) is 6.08 Å². The van der Waals surface area contributed by atoms with Gasteiger partial charge in [-0.1, -0.05) is 42.1 Å². The van der Waals surface area contributed by atoms with Crippen molar-refractivity contribution < 1.29 is 9.47 Å². The Morgan fingerprint density at radius 2 is 1.57 bits per heavy atom. The summed E-state index contributed by atoms with van der Waals surface area (Å²) in [4.78, 5) is 7.09. The highest BCUT2D eigenvalue weighted by Gasteiger charge is 2.39. The zero-order valence-electron chi connectivity index (χ0n) is 17.6. The van der Waals surface area contributed by atoms with E-state index in [1.807, 2.05) is 31.3 Å². The van der Waals surface area contributed by atoms with Crippen LogP contribution in [0.2, 0.25) is 0 Å². The van der Waals surface area contributed by atoms with Crippen LogP contribution in [0, 0.1) is 0 Å². The Balaban J connectivity index is 1.85. The Morgan fingerprint density at radius 3 is 2.10 bits per heavy atom. The molecule has 0 radical (unpaired) electrons. The van der Waals surface area contributed by atoms with Gasteiger partial charge in [-0.2, -0.15) is 0 Å². The number of hydrogen-bond donors (Lipinski definition) is 0. The van der Waals surface area contributed by atoms with Crippen molar-refractivity contribution in [3.05, 3.63) is 41.5 Å². The van der Waals surface area contributed by atoms with Gasteiger partial charge in [0, 0.05) is 52.0 Å². The largest absolute Gasteiger partial charge is 0.383 e. The van der Waals surface area contributed by atoms with E-state index in [1.165, 1.54) is 4.62 Å². The van der Waals surface area contributed by atoms with Crippen LogP contribution in [0.1, 0.15) is 5.01 Å². The first kappa shape index (κ1) is 22.1. The summed E-state index contributed by atoms with van der Waals surface area (Å²) in [5.41, 5.74) is 2.16. The second kappa shape index (κ2) is 10.0. The van der Waals surface area contributed by atoms with Crippen LogP contribution in [0.25, 0.3) is 17.3 Å². The number of morpholine rings is 2. The number of aromatic nitrogens is 1. The number of benzene rings is 1. The number of nitrogens with zero attached hydrogens (tertiary/aromatic N) is 4. The Kier molecular flexibility index (Phi) is 7.36. The van der Waals surface area contributed by atoms with E-state index < -0.39 is 6.34 Å². The number of rotatable bonds is 6. The summed E-state index contributed by atoms with van der Waals surface area (Å²) < 4.78 is 17.5. The topological polar surface area (TPSA) is 41.1 Å². The highest BCUT2D eigenvalue weighted by atomic mass is 32.4. The summed E-state index contributed by atoms with van der Waals surface area (Å²) in [6, 6.07) is 10.5. The van der Waals surface area contributed by atoms with Gasteiger partial charge in [-0.25, -0.2) is 4.98 Å². The summed E-state index contributed by atoms with van der Waals surface area (Å²) >= 11 is 8.38. The smallest absolute Gasteiger partial charge is 0.119 e. The van der Waals surface area contributed by atoms with Crippen molar-refractivity contribution in [2.24, 2.45) is 0 Å². The van der Waals surface area contributed by atoms with Gasteiger partial charge in [0.05, 0.1) is 36.7 Å². The highest BCUT2D eigenvalue weighted by molar-refractivity contribution is 8.17. The molecule has 4 rings (SSSR count). The summed E-state index contributed by atoms with van der Waals surface area (Å²) in [5.74, 6) is 0. The minimum absolute atomic E-state index is 0.732. The van der Waals surface area contributed by atoms with Gasteiger partial charge < -0.3 is 14.4 Å². The third-order valence-electron chi connectivity index (χ3n) is 5.19. The monoisotopic (exact) mass is 464 g/mol. The molecule has 2 aliphatic rings. The van der Waals surface area contributed by atoms with Crippen molar-refractivity contribution in [2.45, 2.75) is 0 Å². The maximum atomic E-state index is 6.63. The van der Waals surface area contributed by atoms with Crippen LogP contribution in [-0.2, 0) is 21.3 Å². The standard InChI is InChI=1S/C21H29N4O2PS2/c1-23(2)9-8-19-22-20(18-6-4-3-5-7-18)21(30-19)28(29,24-10-14-26-15-11-24)25-12-16-27-17-13-25/h3-9H,10-17H2,1-2H3. The third kappa shape index (κ3) is 4.70. The van der Waals surface area contributed by atoms with Crippen molar-refractivity contribution in [1.29, 1.82) is 0 Å². The lowest BCUT2D eigenvalue weighted by molar-refractivity contribution is 0.0590. The Morgan fingerprint density at radius 1 is 1.00 bits per heavy atom. The predicted octanol–water partition coefficient (Wildman–Crippen LogP) is 2.94. The normalized spacial score (nSPS) is 19.4. The Bertz CT molecular complexity index is 885. The molecular formula is C21H29N4O2PS2. The Labute approximate surface area is 188 Å². The van der Waals surface area contributed by atoms with E-state index in [9.17, 15) is 0 Å². The lowest BCUT2D eigenvalue weighted by Crippen LogP contribution is -2.45. The van der Waals surface area contributed by atoms with Crippen LogP contribution < -0.4 is 4.62 Å². The SMILES string of the molecule is CN(C)C=Cc1nc(-c2ccccc2)c(P(=S)(N2CCOCC2)N2CCOCC2)s1. The number of hydrogen-bond acceptors (Lipinski definition) is 6. The molecule has 6 nitrogen and oxygen atoms in total. The minimum atomic E-state index is -2.20. The molecule has 0 amide bonds. The van der Waals surface area contributed by atoms with Crippen LogP contribution in [0.4, 0.5) is 0 Å². The Hall–Kier alpha value is -1.12. The fraction of sp³-hybridized carbons (Fsp3) is 0.476. The molecule has 1 aromatic heterocycles. The molecule has 30 heavy (non-hydrogen) atoms. The number of thiazole rings is 1. The molecule has 162 valence electrons. The second-order valence-corrected chi connectivity index (χ2v) is 13.1. The first-order chi connectivity index (χ1) is 14.6. The molecule has 0 saturated carbocycles. The fourth-order valence-electron chi connectivity index (χ4n) is 3.68. The molecule has 0 bridgehead atoms. The van der Waals surface area contributed by atoms with E-state index in [2.05, 4.69) is 39.7 Å². The highest BCUT2D eigenvalue weighted by Crippen LogP contribution is 2.56. The molecule has 2 saturated heterocycles. The van der Waals surface area contributed by atoms with Gasteiger partial charge in [0.2, 0.25) is 0 Å². The van der Waals surface area contributed by atoms with Crippen LogP contribution in [0.5, 0.6) is 0 Å². The molecule has 0 atom stereocenters. The molecule has 1 aromatic carbocycles. The van der Waals surface area contributed by atoms with Gasteiger partial charge in [0.1, 0.15) is 11.3 Å². The van der Waals surface area contributed by atoms with Gasteiger partial charge >= 0.3 is 0 Å². The zero-order chi connectivity index (χ0) is 21.0. The maximum Gasteiger partial charge on any atom is 0.119 e. The fourth-order valence-corrected chi connectivity index (χ4v) is 10.2. The van der Waals surface area contributed by atoms with Crippen molar-refractivity contribution >= 4 is 40.2 Å². The van der Waals surface area contributed by atoms with E-state index in [4.69, 9.17) is 26.3 Å². The van der Waals surface area contributed by atoms with Crippen molar-refractivity contribution in [3.63, 3.8) is 0 Å². The molecule has 3 heterocycles. The predicted molar refractivity (Wildman–Crippen MR) is 129 cm³/mol. The molecule has 0 unspecified atom stereocenters. The lowest BCUT2D eigenvalue weighted by atomic mass is 10.2. The van der Waals surface area contributed by atoms with Gasteiger partial charge in [-0.15, -0.1) is 11.3 Å². The van der Waals surface area contributed by atoms with E-state index in [1.54, 1.807) is 11.3 Å². The molecule has 0 aliphatic carbocycles. The van der Waals surface area contributed by atoms with Crippen molar-refractivity contribution in [1.82, 2.24) is 19.2 Å². The van der Waals surface area contributed by atoms with E-state index in [0.29, 0.717) is 0 Å². The van der Waals surface area contributed by atoms with E-state index >= 15 is 0 Å². The summed E-state index contributed by atoms with van der Waals surface area (Å²) in [5, 5.41) is 0.994. The average Bonchev–Trinajstić information content (AvgIpc) is 3.24. The van der Waals surface area contributed by atoms with E-state index in [0.717, 1.165) is 68.9 Å². The third-order valence-corrected chi connectivity index (χ3v) is 12.4. The second-order valence-electron chi connectivity index (χ2n) is 7.53. The van der Waals surface area contributed by atoms with Crippen LogP contribution in [0.15, 0.2) is 36.5 Å². The van der Waals surface area contributed by atoms with E-state index in [-0.39, 0.29) is 0 Å².